The fourth-order valence-corrected chi connectivity index (χ4v) is 7.08. The monoisotopic (exact) mass is 716 g/mol. The van der Waals surface area contributed by atoms with E-state index in [0.717, 1.165) is 11.0 Å². The molecule has 2 heterocycles. The Kier molecular flexibility index (Phi) is 10.3. The second kappa shape index (κ2) is 14.3. The van der Waals surface area contributed by atoms with Crippen molar-refractivity contribution < 1.29 is 49.8 Å². The minimum Gasteiger partial charge on any atom is -0.491 e. The lowest BCUT2D eigenvalue weighted by Crippen LogP contribution is -2.40. The van der Waals surface area contributed by atoms with E-state index in [4.69, 9.17) is 10.5 Å². The number of rotatable bonds is 10. The second-order valence-corrected chi connectivity index (χ2v) is 13.6. The third-order valence-electron chi connectivity index (χ3n) is 8.30. The molecule has 3 atom stereocenters. The van der Waals surface area contributed by atoms with Crippen molar-refractivity contribution in [1.29, 1.82) is 0 Å². The van der Waals surface area contributed by atoms with Gasteiger partial charge in [-0.25, -0.2) is 22.6 Å². The standard InChI is InChI=1S/C34H32F4N4O7S/c1-3-48-26-18-20(9-12-25(26)35)28(41-21-10-11-22-19(17-21)13-15-40-30(22)39)31(43)42-16-14-24(32(44)49-33(45)34(36,37)38)29(42)23-7-5-6-8-27(23)50(46,47)4-2/h5-13,15,17-18,24,28-29,41H,3-4,14,16H2,1-2H3,(H2,39,40)/t24?,28-,29?/m0/s1. The van der Waals surface area contributed by atoms with Gasteiger partial charge in [-0.2, -0.15) is 13.2 Å². The molecule has 1 aromatic heterocycles. The molecule has 3 aromatic carbocycles. The molecule has 2 unspecified atom stereocenters. The average molecular weight is 717 g/mol. The van der Waals surface area contributed by atoms with E-state index in [9.17, 15) is 40.4 Å². The van der Waals surface area contributed by atoms with Gasteiger partial charge in [0.05, 0.1) is 29.2 Å². The number of alkyl halides is 3. The van der Waals surface area contributed by atoms with Crippen molar-refractivity contribution in [2.45, 2.75) is 43.4 Å². The Morgan fingerprint density at radius 2 is 1.80 bits per heavy atom. The zero-order valence-corrected chi connectivity index (χ0v) is 27.6. The number of amides is 1. The van der Waals surface area contributed by atoms with E-state index in [0.29, 0.717) is 16.5 Å². The van der Waals surface area contributed by atoms with Gasteiger partial charge in [0.15, 0.2) is 21.4 Å². The van der Waals surface area contributed by atoms with Gasteiger partial charge in [-0.05, 0) is 72.3 Å². The quantitative estimate of drug-likeness (QED) is 0.122. The van der Waals surface area contributed by atoms with Gasteiger partial charge in [0.25, 0.3) is 0 Å². The van der Waals surface area contributed by atoms with Crippen LogP contribution < -0.4 is 15.8 Å². The van der Waals surface area contributed by atoms with Crippen molar-refractivity contribution in [3.8, 4) is 5.75 Å². The van der Waals surface area contributed by atoms with Crippen molar-refractivity contribution in [2.75, 3.05) is 30.0 Å². The molecule has 5 rings (SSSR count). The highest BCUT2D eigenvalue weighted by Gasteiger charge is 2.49. The van der Waals surface area contributed by atoms with Gasteiger partial charge in [-0.3, -0.25) is 9.59 Å². The van der Waals surface area contributed by atoms with Crippen molar-refractivity contribution >= 4 is 50.0 Å². The van der Waals surface area contributed by atoms with E-state index in [1.807, 2.05) is 0 Å². The zero-order valence-electron chi connectivity index (χ0n) is 26.7. The molecule has 50 heavy (non-hydrogen) atoms. The number of nitrogen functional groups attached to an aromatic ring is 1. The molecule has 0 bridgehead atoms. The summed E-state index contributed by atoms with van der Waals surface area (Å²) < 4.78 is 90.0. The SMILES string of the molecule is CCOc1cc([C@H](Nc2ccc3c(N)nccc3c2)C(=O)N2CCC(C(=O)OC(=O)C(F)(F)F)C2c2ccccc2S(=O)(=O)CC)ccc1F. The lowest BCUT2D eigenvalue weighted by Gasteiger charge is -2.33. The maximum absolute atomic E-state index is 14.7. The molecule has 1 aliphatic rings. The Hall–Kier alpha value is -5.25. The molecular weight excluding hydrogens is 684 g/mol. The minimum absolute atomic E-state index is 0.0526. The number of likely N-dealkylation sites (tertiary alicyclic amines) is 1. The third kappa shape index (κ3) is 7.34. The van der Waals surface area contributed by atoms with E-state index in [1.165, 1.54) is 49.5 Å². The molecule has 3 N–H and O–H groups in total. The Morgan fingerprint density at radius 3 is 2.50 bits per heavy atom. The first-order valence-electron chi connectivity index (χ1n) is 15.4. The van der Waals surface area contributed by atoms with Gasteiger partial charge in [0, 0.05) is 23.8 Å². The van der Waals surface area contributed by atoms with Gasteiger partial charge >= 0.3 is 18.1 Å². The predicted molar refractivity (Wildman–Crippen MR) is 174 cm³/mol. The second-order valence-electron chi connectivity index (χ2n) is 11.4. The number of nitrogens with one attached hydrogen (secondary N) is 1. The van der Waals surface area contributed by atoms with Crippen LogP contribution in [0, 0.1) is 11.7 Å². The summed E-state index contributed by atoms with van der Waals surface area (Å²) in [6, 6.07) is 13.1. The number of hydrogen-bond acceptors (Lipinski definition) is 10. The Balaban J connectivity index is 1.64. The Morgan fingerprint density at radius 1 is 1.06 bits per heavy atom. The first-order valence-corrected chi connectivity index (χ1v) is 17.1. The van der Waals surface area contributed by atoms with Crippen LogP contribution in [0.3, 0.4) is 0 Å². The highest BCUT2D eigenvalue weighted by molar-refractivity contribution is 7.91. The van der Waals surface area contributed by atoms with Crippen LogP contribution in [0.2, 0.25) is 0 Å². The number of sulfone groups is 1. The molecule has 4 aromatic rings. The predicted octanol–water partition coefficient (Wildman–Crippen LogP) is 5.52. The first-order chi connectivity index (χ1) is 23.7. The minimum atomic E-state index is -5.49. The lowest BCUT2D eigenvalue weighted by atomic mass is 9.93. The lowest BCUT2D eigenvalue weighted by molar-refractivity contribution is -0.203. The molecule has 0 radical (unpaired) electrons. The highest BCUT2D eigenvalue weighted by Crippen LogP contribution is 2.43. The number of anilines is 2. The molecule has 1 saturated heterocycles. The van der Waals surface area contributed by atoms with Crippen molar-refractivity contribution in [1.82, 2.24) is 9.88 Å². The van der Waals surface area contributed by atoms with Crippen LogP contribution in [0.4, 0.5) is 29.1 Å². The van der Waals surface area contributed by atoms with Gasteiger partial charge < -0.3 is 25.4 Å². The maximum Gasteiger partial charge on any atom is 0.491 e. The summed E-state index contributed by atoms with van der Waals surface area (Å²) in [6.45, 7) is 2.88. The van der Waals surface area contributed by atoms with Crippen molar-refractivity contribution in [3.05, 3.63) is 89.9 Å². The number of aromatic nitrogens is 1. The molecule has 1 amide bonds. The number of halogens is 4. The summed E-state index contributed by atoms with van der Waals surface area (Å²) in [5.74, 6) is -7.61. The van der Waals surface area contributed by atoms with Crippen LogP contribution in [0.5, 0.6) is 5.75 Å². The number of esters is 2. The van der Waals surface area contributed by atoms with Crippen LogP contribution >= 0.6 is 0 Å². The number of hydrogen-bond donors (Lipinski definition) is 2. The number of carbonyl (C=O) groups excluding carboxylic acids is 3. The molecule has 264 valence electrons. The largest absolute Gasteiger partial charge is 0.491 e. The van der Waals surface area contributed by atoms with Gasteiger partial charge in [-0.1, -0.05) is 31.2 Å². The van der Waals surface area contributed by atoms with Crippen LogP contribution in [-0.4, -0.2) is 61.2 Å². The van der Waals surface area contributed by atoms with Crippen LogP contribution in [0.15, 0.2) is 77.8 Å². The molecular formula is C34H32F4N4O7S. The van der Waals surface area contributed by atoms with E-state index in [-0.39, 0.29) is 52.9 Å². The fourth-order valence-electron chi connectivity index (χ4n) is 5.94. The number of nitrogens with zero attached hydrogens (tertiary/aromatic N) is 2. The molecule has 1 aliphatic heterocycles. The molecule has 16 heteroatoms. The Labute approximate surface area is 284 Å². The number of ether oxygens (including phenoxy) is 2. The molecule has 1 fully saturated rings. The van der Waals surface area contributed by atoms with Crippen molar-refractivity contribution in [3.63, 3.8) is 0 Å². The van der Waals surface area contributed by atoms with E-state index in [1.54, 1.807) is 31.2 Å². The van der Waals surface area contributed by atoms with E-state index in [2.05, 4.69) is 15.0 Å². The number of nitrogens with two attached hydrogens (primary N) is 1. The summed E-state index contributed by atoms with van der Waals surface area (Å²) in [7, 11) is -4.00. The highest BCUT2D eigenvalue weighted by atomic mass is 32.2. The number of fused-ring (bicyclic) bond motifs is 1. The molecule has 0 spiro atoms. The van der Waals surface area contributed by atoms with Crippen LogP contribution in [0.1, 0.15) is 43.5 Å². The van der Waals surface area contributed by atoms with Crippen molar-refractivity contribution in [2.24, 2.45) is 5.92 Å². The van der Waals surface area contributed by atoms with Crippen LogP contribution in [-0.2, 0) is 29.0 Å². The maximum atomic E-state index is 14.7. The third-order valence-corrected chi connectivity index (χ3v) is 10.1. The smallest absolute Gasteiger partial charge is 0.491 e. The molecule has 0 saturated carbocycles. The normalized spacial score (nSPS) is 17.0. The average Bonchev–Trinajstić information content (AvgIpc) is 3.53. The van der Waals surface area contributed by atoms with E-state index >= 15 is 0 Å². The molecule has 11 nitrogen and oxygen atoms in total. The van der Waals surface area contributed by atoms with Crippen LogP contribution in [0.25, 0.3) is 10.8 Å². The van der Waals surface area contributed by atoms with Gasteiger partial charge in [-0.15, -0.1) is 0 Å². The Bertz CT molecular complexity index is 2060. The summed E-state index contributed by atoms with van der Waals surface area (Å²) in [4.78, 5) is 44.6. The molecule has 0 aliphatic carbocycles. The summed E-state index contributed by atoms with van der Waals surface area (Å²) in [6.07, 6.45) is -4.26. The van der Waals surface area contributed by atoms with Gasteiger partial charge in [0.2, 0.25) is 5.91 Å². The number of carbonyl (C=O) groups is 3. The fraction of sp³-hybridized carbons (Fsp3) is 0.294. The first kappa shape index (κ1) is 36.0. The summed E-state index contributed by atoms with van der Waals surface area (Å²) >= 11 is 0. The summed E-state index contributed by atoms with van der Waals surface area (Å²) in [5, 5.41) is 4.42. The number of pyridine rings is 1. The topological polar surface area (TPSA) is 158 Å². The summed E-state index contributed by atoms with van der Waals surface area (Å²) in [5.41, 5.74) is 6.56. The van der Waals surface area contributed by atoms with Gasteiger partial charge in [0.1, 0.15) is 11.9 Å². The van der Waals surface area contributed by atoms with E-state index < -0.39 is 57.7 Å². The number of benzene rings is 3. The zero-order chi connectivity index (χ0) is 36.4.